The zero-order valence-corrected chi connectivity index (χ0v) is 17.8. The van der Waals surface area contributed by atoms with E-state index in [-0.39, 0.29) is 29.0 Å². The van der Waals surface area contributed by atoms with E-state index in [9.17, 15) is 14.4 Å². The van der Waals surface area contributed by atoms with Crippen LogP contribution in [0.25, 0.3) is 0 Å². The number of benzene rings is 1. The summed E-state index contributed by atoms with van der Waals surface area (Å²) in [5.41, 5.74) is 2.60. The lowest BCUT2D eigenvalue weighted by Crippen LogP contribution is -2.38. The number of allylic oxidation sites excluding steroid dienone is 2. The van der Waals surface area contributed by atoms with Gasteiger partial charge in [0, 0.05) is 42.2 Å². The summed E-state index contributed by atoms with van der Waals surface area (Å²) in [5.74, 6) is 1.36. The van der Waals surface area contributed by atoms with Crippen molar-refractivity contribution in [1.82, 2.24) is 4.90 Å². The second-order valence-electron chi connectivity index (χ2n) is 6.99. The Bertz CT molecular complexity index is 879. The molecule has 0 saturated carbocycles. The highest BCUT2D eigenvalue weighted by Crippen LogP contribution is 2.28. The number of ketones is 2. The van der Waals surface area contributed by atoms with Crippen molar-refractivity contribution in [2.75, 3.05) is 38.8 Å². The molecular formula is C22H25NO5S. The summed E-state index contributed by atoms with van der Waals surface area (Å²) in [6.07, 6.45) is 0.690. The highest BCUT2D eigenvalue weighted by atomic mass is 32.2. The van der Waals surface area contributed by atoms with Gasteiger partial charge in [-0.3, -0.25) is 14.4 Å². The van der Waals surface area contributed by atoms with E-state index < -0.39 is 0 Å². The van der Waals surface area contributed by atoms with Crippen LogP contribution < -0.4 is 0 Å². The fraction of sp³-hybridized carbons (Fsp3) is 0.409. The summed E-state index contributed by atoms with van der Waals surface area (Å²) < 4.78 is 10.2. The third-order valence-electron chi connectivity index (χ3n) is 5.22. The van der Waals surface area contributed by atoms with Gasteiger partial charge >= 0.3 is 0 Å². The van der Waals surface area contributed by atoms with Crippen LogP contribution in [0.3, 0.4) is 0 Å². The lowest BCUT2D eigenvalue weighted by Gasteiger charge is -2.26. The Morgan fingerprint density at radius 2 is 1.52 bits per heavy atom. The van der Waals surface area contributed by atoms with Gasteiger partial charge in [0.2, 0.25) is 29.0 Å². The molecule has 6 nitrogen and oxygen atoms in total. The molecule has 154 valence electrons. The molecule has 29 heavy (non-hydrogen) atoms. The molecule has 0 bridgehead atoms. The molecule has 1 aromatic rings. The number of methoxy groups -OCH3 is 2. The molecule has 0 atom stereocenters. The Balaban J connectivity index is 1.71. The number of amides is 1. The number of thioether (sulfide) groups is 1. The van der Waals surface area contributed by atoms with E-state index in [0.29, 0.717) is 24.0 Å². The number of Topliss-reactive ketones (excluding diaryl/α,β-unsaturated/α-hetero) is 2. The highest BCUT2D eigenvalue weighted by Gasteiger charge is 2.34. The van der Waals surface area contributed by atoms with E-state index in [1.807, 2.05) is 40.9 Å². The van der Waals surface area contributed by atoms with Crippen LogP contribution in [0.1, 0.15) is 18.1 Å². The highest BCUT2D eigenvalue weighted by molar-refractivity contribution is 7.99. The number of hydrogen-bond acceptors (Lipinski definition) is 6. The van der Waals surface area contributed by atoms with Crippen molar-refractivity contribution in [3.05, 3.63) is 58.1 Å². The minimum Gasteiger partial charge on any atom is -0.489 e. The minimum atomic E-state index is -0.333. The molecule has 0 radical (unpaired) electrons. The van der Waals surface area contributed by atoms with Gasteiger partial charge in [0.1, 0.15) is 0 Å². The first-order chi connectivity index (χ1) is 14.0. The summed E-state index contributed by atoms with van der Waals surface area (Å²) in [6.45, 7) is 3.25. The Morgan fingerprint density at radius 3 is 2.10 bits per heavy atom. The third kappa shape index (κ3) is 4.56. The number of ether oxygens (including phenoxy) is 2. The normalized spacial score (nSPS) is 17.7. The van der Waals surface area contributed by atoms with Gasteiger partial charge in [-0.05, 0) is 18.1 Å². The fourth-order valence-electron chi connectivity index (χ4n) is 3.48. The topological polar surface area (TPSA) is 72.9 Å². The molecule has 7 heteroatoms. The van der Waals surface area contributed by atoms with Crippen LogP contribution >= 0.6 is 11.8 Å². The number of hydrogen-bond donors (Lipinski definition) is 0. The monoisotopic (exact) mass is 415 g/mol. The zero-order valence-electron chi connectivity index (χ0n) is 16.9. The van der Waals surface area contributed by atoms with Crippen LogP contribution in [-0.4, -0.2) is 61.2 Å². The number of carbonyl (C=O) groups is 3. The van der Waals surface area contributed by atoms with E-state index in [1.165, 1.54) is 14.2 Å². The minimum absolute atomic E-state index is 0.0521. The van der Waals surface area contributed by atoms with Crippen molar-refractivity contribution in [2.45, 2.75) is 19.8 Å². The first-order valence-electron chi connectivity index (χ1n) is 9.51. The van der Waals surface area contributed by atoms with Crippen molar-refractivity contribution in [1.29, 1.82) is 0 Å². The molecule has 1 aliphatic carbocycles. The second kappa shape index (κ2) is 9.31. The van der Waals surface area contributed by atoms with Gasteiger partial charge in [0.15, 0.2) is 0 Å². The Hall–Kier alpha value is -2.54. The van der Waals surface area contributed by atoms with Gasteiger partial charge in [-0.1, -0.05) is 24.3 Å². The van der Waals surface area contributed by atoms with Gasteiger partial charge in [0.25, 0.3) is 0 Å². The average molecular weight is 416 g/mol. The third-order valence-corrected chi connectivity index (χ3v) is 6.16. The Morgan fingerprint density at radius 1 is 0.966 bits per heavy atom. The van der Waals surface area contributed by atoms with Crippen molar-refractivity contribution in [3.8, 4) is 0 Å². The molecule has 0 unspecified atom stereocenters. The molecule has 1 aromatic carbocycles. The molecule has 1 fully saturated rings. The van der Waals surface area contributed by atoms with Crippen LogP contribution in [0.2, 0.25) is 0 Å². The molecule has 2 aliphatic rings. The fourth-order valence-corrected chi connectivity index (χ4v) is 4.39. The average Bonchev–Trinajstić information content (AvgIpc) is 2.75. The van der Waals surface area contributed by atoms with Crippen LogP contribution in [0.4, 0.5) is 0 Å². The molecular weight excluding hydrogens is 390 g/mol. The zero-order chi connectivity index (χ0) is 21.0. The maximum Gasteiger partial charge on any atom is 0.228 e. The smallest absolute Gasteiger partial charge is 0.228 e. The van der Waals surface area contributed by atoms with Crippen molar-refractivity contribution in [2.24, 2.45) is 0 Å². The van der Waals surface area contributed by atoms with E-state index >= 15 is 0 Å². The largest absolute Gasteiger partial charge is 0.489 e. The quantitative estimate of drug-likeness (QED) is 0.664. The van der Waals surface area contributed by atoms with Crippen LogP contribution in [0, 0.1) is 0 Å². The van der Waals surface area contributed by atoms with Gasteiger partial charge in [-0.25, -0.2) is 0 Å². The lowest BCUT2D eigenvalue weighted by atomic mass is 9.88. The van der Waals surface area contributed by atoms with Gasteiger partial charge in [-0.15, -0.1) is 0 Å². The maximum absolute atomic E-state index is 12.7. The Labute approximate surface area is 174 Å². The van der Waals surface area contributed by atoms with Crippen LogP contribution in [0.15, 0.2) is 46.9 Å². The summed E-state index contributed by atoms with van der Waals surface area (Å²) in [5, 5.41) is 0. The lowest BCUT2D eigenvalue weighted by molar-refractivity contribution is -0.130. The molecule has 0 N–H and O–H groups in total. The molecule has 1 amide bonds. The maximum atomic E-state index is 12.7. The predicted molar refractivity (Wildman–Crippen MR) is 112 cm³/mol. The van der Waals surface area contributed by atoms with E-state index in [0.717, 1.165) is 35.7 Å². The van der Waals surface area contributed by atoms with E-state index in [1.54, 1.807) is 6.92 Å². The van der Waals surface area contributed by atoms with Gasteiger partial charge in [0.05, 0.1) is 20.6 Å². The number of nitrogens with zero attached hydrogens (tertiary/aromatic N) is 1. The van der Waals surface area contributed by atoms with E-state index in [2.05, 4.69) is 0 Å². The van der Waals surface area contributed by atoms with Crippen molar-refractivity contribution in [3.63, 3.8) is 0 Å². The summed E-state index contributed by atoms with van der Waals surface area (Å²) in [6, 6.07) is 7.61. The SMILES string of the molecule is COC1=C(OC)C(=O)C(Cc2ccc(CC(=O)N3CCSCC3)cc2)=C(C)C1=O. The van der Waals surface area contributed by atoms with Gasteiger partial charge < -0.3 is 14.4 Å². The summed E-state index contributed by atoms with van der Waals surface area (Å²) in [4.78, 5) is 39.6. The molecule has 1 heterocycles. The molecule has 3 rings (SSSR count). The predicted octanol–water partition coefficient (Wildman–Crippen LogP) is 2.32. The first kappa shape index (κ1) is 21.2. The molecule has 1 aliphatic heterocycles. The summed E-state index contributed by atoms with van der Waals surface area (Å²) in [7, 11) is 2.70. The number of rotatable bonds is 6. The standard InChI is InChI=1S/C22H25NO5S/c1-14-17(20(26)22(28-3)21(27-2)19(14)25)12-15-4-6-16(7-5-15)13-18(24)23-8-10-29-11-9-23/h4-7H,8-13H2,1-3H3. The van der Waals surface area contributed by atoms with Crippen molar-refractivity contribution >= 4 is 29.2 Å². The Kier molecular flexibility index (Phi) is 6.79. The first-order valence-corrected chi connectivity index (χ1v) is 10.7. The molecule has 0 aromatic heterocycles. The molecule has 0 spiro atoms. The summed E-state index contributed by atoms with van der Waals surface area (Å²) >= 11 is 1.87. The number of carbonyl (C=O) groups excluding carboxylic acids is 3. The van der Waals surface area contributed by atoms with Gasteiger partial charge in [-0.2, -0.15) is 11.8 Å². The van der Waals surface area contributed by atoms with E-state index in [4.69, 9.17) is 9.47 Å². The van der Waals surface area contributed by atoms with Crippen LogP contribution in [0.5, 0.6) is 0 Å². The van der Waals surface area contributed by atoms with Crippen molar-refractivity contribution < 1.29 is 23.9 Å². The molecule has 1 saturated heterocycles. The second-order valence-corrected chi connectivity index (χ2v) is 8.22. The van der Waals surface area contributed by atoms with Crippen LogP contribution in [-0.2, 0) is 36.7 Å².